The van der Waals surface area contributed by atoms with Gasteiger partial charge in [0.1, 0.15) is 17.5 Å². The van der Waals surface area contributed by atoms with Crippen LogP contribution >= 0.6 is 0 Å². The fourth-order valence-corrected chi connectivity index (χ4v) is 2.70. The molecule has 1 amide bonds. The molecule has 2 heterocycles. The van der Waals surface area contributed by atoms with Crippen LogP contribution in [0.4, 0.5) is 15.9 Å². The average Bonchev–Trinajstić information content (AvgIpc) is 3.12. The van der Waals surface area contributed by atoms with Gasteiger partial charge < -0.3 is 15.6 Å². The second-order valence-corrected chi connectivity index (χ2v) is 5.96. The number of aromatic amines is 1. The average molecular weight is 361 g/mol. The van der Waals surface area contributed by atoms with Gasteiger partial charge in [-0.3, -0.25) is 4.79 Å². The molecule has 0 spiro atoms. The van der Waals surface area contributed by atoms with Crippen LogP contribution in [0.3, 0.4) is 0 Å². The molecular weight excluding hydrogens is 345 g/mol. The van der Waals surface area contributed by atoms with Crippen LogP contribution in [0.1, 0.15) is 10.4 Å². The van der Waals surface area contributed by atoms with Gasteiger partial charge in [0.05, 0.1) is 17.2 Å². The summed E-state index contributed by atoms with van der Waals surface area (Å²) in [6.07, 6.45) is 1.62. The summed E-state index contributed by atoms with van der Waals surface area (Å²) in [5.74, 6) is 0.343. The highest BCUT2D eigenvalue weighted by molar-refractivity contribution is 6.04. The molecular formula is C20H16FN5O. The minimum atomic E-state index is -0.391. The Balaban J connectivity index is 1.58. The Morgan fingerprint density at radius 1 is 1.07 bits per heavy atom. The molecule has 0 aliphatic carbocycles. The number of H-pyrrole nitrogens is 1. The highest BCUT2D eigenvalue weighted by Gasteiger charge is 2.10. The van der Waals surface area contributed by atoms with Gasteiger partial charge in [0.2, 0.25) is 0 Å². The second kappa shape index (κ2) is 6.87. The third-order valence-corrected chi connectivity index (χ3v) is 4.16. The Bertz CT molecular complexity index is 1100. The van der Waals surface area contributed by atoms with Crippen LogP contribution in [0.2, 0.25) is 0 Å². The van der Waals surface area contributed by atoms with Crippen LogP contribution in [0.25, 0.3) is 22.4 Å². The standard InChI is InChI=1S/C20H16FN5O/c1-22-15-8-4-12(5-9-15)19-24-16-10-18(23-11-17(16)25-19)26-20(27)13-2-6-14(21)7-3-13/h2-11,22H,1H3,(H,24,25)(H,23,26,27). The highest BCUT2D eigenvalue weighted by Crippen LogP contribution is 2.23. The maximum absolute atomic E-state index is 13.0. The van der Waals surface area contributed by atoms with Crippen molar-refractivity contribution in [3.05, 3.63) is 72.2 Å². The number of fused-ring (bicyclic) bond motifs is 1. The minimum Gasteiger partial charge on any atom is -0.388 e. The van der Waals surface area contributed by atoms with Gasteiger partial charge in [-0.05, 0) is 48.5 Å². The van der Waals surface area contributed by atoms with Crippen LogP contribution in [-0.2, 0) is 0 Å². The maximum atomic E-state index is 13.0. The van der Waals surface area contributed by atoms with Crippen molar-refractivity contribution in [3.8, 4) is 11.4 Å². The molecule has 0 saturated carbocycles. The molecule has 6 nitrogen and oxygen atoms in total. The van der Waals surface area contributed by atoms with E-state index in [2.05, 4.69) is 25.6 Å². The Labute approximate surface area is 154 Å². The predicted octanol–water partition coefficient (Wildman–Crippen LogP) is 4.06. The van der Waals surface area contributed by atoms with Crippen LogP contribution in [0.5, 0.6) is 0 Å². The number of rotatable bonds is 4. The molecule has 2 aromatic carbocycles. The zero-order chi connectivity index (χ0) is 18.8. The van der Waals surface area contributed by atoms with Gasteiger partial charge in [0.15, 0.2) is 0 Å². The molecule has 7 heteroatoms. The number of nitrogens with zero attached hydrogens (tertiary/aromatic N) is 2. The molecule has 0 fully saturated rings. The molecule has 3 N–H and O–H groups in total. The van der Waals surface area contributed by atoms with Crippen molar-refractivity contribution in [1.82, 2.24) is 15.0 Å². The summed E-state index contributed by atoms with van der Waals surface area (Å²) in [7, 11) is 1.86. The van der Waals surface area contributed by atoms with Crippen molar-refractivity contribution in [2.24, 2.45) is 0 Å². The van der Waals surface area contributed by atoms with Gasteiger partial charge in [-0.25, -0.2) is 14.4 Å². The number of halogens is 1. The number of nitrogens with one attached hydrogen (secondary N) is 3. The van der Waals surface area contributed by atoms with E-state index in [0.717, 1.165) is 22.6 Å². The first kappa shape index (κ1) is 16.7. The molecule has 0 saturated heterocycles. The summed E-state index contributed by atoms with van der Waals surface area (Å²) >= 11 is 0. The van der Waals surface area contributed by atoms with Crippen LogP contribution in [0, 0.1) is 5.82 Å². The van der Waals surface area contributed by atoms with Crippen molar-refractivity contribution in [1.29, 1.82) is 0 Å². The van der Waals surface area contributed by atoms with Crippen molar-refractivity contribution in [2.75, 3.05) is 17.7 Å². The fourth-order valence-electron chi connectivity index (χ4n) is 2.70. The smallest absolute Gasteiger partial charge is 0.256 e. The van der Waals surface area contributed by atoms with E-state index in [-0.39, 0.29) is 5.91 Å². The lowest BCUT2D eigenvalue weighted by molar-refractivity contribution is 0.102. The molecule has 0 bridgehead atoms. The number of hydrogen-bond donors (Lipinski definition) is 3. The topological polar surface area (TPSA) is 82.7 Å². The number of carbonyl (C=O) groups excluding carboxylic acids is 1. The van der Waals surface area contributed by atoms with E-state index in [9.17, 15) is 9.18 Å². The molecule has 4 rings (SSSR count). The number of aromatic nitrogens is 3. The zero-order valence-electron chi connectivity index (χ0n) is 14.5. The summed E-state index contributed by atoms with van der Waals surface area (Å²) < 4.78 is 13.0. The van der Waals surface area contributed by atoms with Gasteiger partial charge in [0.25, 0.3) is 5.91 Å². The van der Waals surface area contributed by atoms with Gasteiger partial charge in [0, 0.05) is 29.9 Å². The molecule has 0 atom stereocenters. The first-order chi connectivity index (χ1) is 13.1. The van der Waals surface area contributed by atoms with Crippen LogP contribution < -0.4 is 10.6 Å². The van der Waals surface area contributed by atoms with Gasteiger partial charge in [-0.1, -0.05) is 0 Å². The third-order valence-electron chi connectivity index (χ3n) is 4.16. The lowest BCUT2D eigenvalue weighted by Crippen LogP contribution is -2.12. The quantitative estimate of drug-likeness (QED) is 0.512. The SMILES string of the molecule is CNc1ccc(-c2nc3cc(NC(=O)c4ccc(F)cc4)ncc3[nH]2)cc1. The summed E-state index contributed by atoms with van der Waals surface area (Å²) in [6, 6.07) is 14.9. The van der Waals surface area contributed by atoms with Crippen molar-refractivity contribution in [3.63, 3.8) is 0 Å². The monoisotopic (exact) mass is 361 g/mol. The second-order valence-electron chi connectivity index (χ2n) is 5.96. The number of carbonyl (C=O) groups is 1. The zero-order valence-corrected chi connectivity index (χ0v) is 14.5. The van der Waals surface area contributed by atoms with Crippen molar-refractivity contribution < 1.29 is 9.18 Å². The molecule has 4 aromatic rings. The van der Waals surface area contributed by atoms with E-state index in [1.165, 1.54) is 24.3 Å². The minimum absolute atomic E-state index is 0.352. The Morgan fingerprint density at radius 2 is 1.81 bits per heavy atom. The van der Waals surface area contributed by atoms with Crippen molar-refractivity contribution >= 4 is 28.4 Å². The first-order valence-electron chi connectivity index (χ1n) is 8.33. The van der Waals surface area contributed by atoms with E-state index in [1.807, 2.05) is 31.3 Å². The normalized spacial score (nSPS) is 10.7. The Kier molecular flexibility index (Phi) is 4.25. The number of pyridine rings is 1. The predicted molar refractivity (Wildman–Crippen MR) is 103 cm³/mol. The number of amides is 1. The Morgan fingerprint density at radius 3 is 2.52 bits per heavy atom. The van der Waals surface area contributed by atoms with E-state index < -0.39 is 5.82 Å². The van der Waals surface area contributed by atoms with E-state index in [0.29, 0.717) is 16.9 Å². The molecule has 0 aliphatic heterocycles. The summed E-state index contributed by atoms with van der Waals surface area (Å²) in [6.45, 7) is 0. The summed E-state index contributed by atoms with van der Waals surface area (Å²) in [5.41, 5.74) is 3.77. The largest absolute Gasteiger partial charge is 0.388 e. The molecule has 2 aromatic heterocycles. The molecule has 0 aliphatic rings. The summed E-state index contributed by atoms with van der Waals surface area (Å²) in [4.78, 5) is 24.3. The lowest BCUT2D eigenvalue weighted by atomic mass is 10.2. The van der Waals surface area contributed by atoms with Crippen LogP contribution in [0.15, 0.2) is 60.8 Å². The highest BCUT2D eigenvalue weighted by atomic mass is 19.1. The Hall–Kier alpha value is -3.74. The van der Waals surface area contributed by atoms with E-state index >= 15 is 0 Å². The molecule has 134 valence electrons. The van der Waals surface area contributed by atoms with Crippen molar-refractivity contribution in [2.45, 2.75) is 0 Å². The van der Waals surface area contributed by atoms with Gasteiger partial charge in [-0.15, -0.1) is 0 Å². The van der Waals surface area contributed by atoms with E-state index in [1.54, 1.807) is 12.3 Å². The lowest BCUT2D eigenvalue weighted by Gasteiger charge is -2.04. The van der Waals surface area contributed by atoms with Gasteiger partial charge >= 0.3 is 0 Å². The van der Waals surface area contributed by atoms with E-state index in [4.69, 9.17) is 0 Å². The maximum Gasteiger partial charge on any atom is 0.256 e. The number of imidazole rings is 1. The number of anilines is 2. The molecule has 27 heavy (non-hydrogen) atoms. The molecule has 0 radical (unpaired) electrons. The number of benzene rings is 2. The first-order valence-corrected chi connectivity index (χ1v) is 8.33. The van der Waals surface area contributed by atoms with Crippen LogP contribution in [-0.4, -0.2) is 27.9 Å². The fraction of sp³-hybridized carbons (Fsp3) is 0.0500. The summed E-state index contributed by atoms with van der Waals surface area (Å²) in [5, 5.41) is 5.77. The van der Waals surface area contributed by atoms with Gasteiger partial charge in [-0.2, -0.15) is 0 Å². The third kappa shape index (κ3) is 3.48. The number of hydrogen-bond acceptors (Lipinski definition) is 4. The molecule has 0 unspecified atom stereocenters.